The molecule has 0 aromatic heterocycles. The molecule has 1 heterocycles. The Morgan fingerprint density at radius 3 is 2.45 bits per heavy atom. The molecule has 1 aliphatic heterocycles. The fourth-order valence-electron chi connectivity index (χ4n) is 4.09. The van der Waals surface area contributed by atoms with Gasteiger partial charge >= 0.3 is 0 Å². The van der Waals surface area contributed by atoms with Crippen LogP contribution in [0.3, 0.4) is 0 Å². The molecule has 5 atom stereocenters. The zero-order chi connectivity index (χ0) is 27.7. The second-order valence-corrected chi connectivity index (χ2v) is 9.51. The molecule has 3 rings (SSSR count). The molecule has 210 valence electrons. The van der Waals surface area contributed by atoms with Gasteiger partial charge < -0.3 is 44.7 Å². The van der Waals surface area contributed by atoms with Gasteiger partial charge in [-0.1, -0.05) is 25.1 Å². The predicted octanol–water partition coefficient (Wildman–Crippen LogP) is 1.40. The van der Waals surface area contributed by atoms with Gasteiger partial charge in [-0.05, 0) is 61.2 Å². The maximum absolute atomic E-state index is 12.6. The number of amides is 1. The highest BCUT2D eigenvalue weighted by atomic mass is 16.7. The second-order valence-electron chi connectivity index (χ2n) is 9.51. The van der Waals surface area contributed by atoms with Crippen LogP contribution >= 0.6 is 0 Å². The summed E-state index contributed by atoms with van der Waals surface area (Å²) < 4.78 is 22.2. The van der Waals surface area contributed by atoms with E-state index in [1.165, 1.54) is 6.92 Å². The summed E-state index contributed by atoms with van der Waals surface area (Å²) in [5.74, 6) is 0.193. The molecule has 0 bridgehead atoms. The zero-order valence-electron chi connectivity index (χ0n) is 22.1. The van der Waals surface area contributed by atoms with E-state index in [1.807, 2.05) is 26.0 Å². The average Bonchev–Trinajstić information content (AvgIpc) is 2.91. The van der Waals surface area contributed by atoms with Gasteiger partial charge in [0.1, 0.15) is 24.1 Å². The van der Waals surface area contributed by atoms with Crippen LogP contribution in [0.25, 0.3) is 11.1 Å². The summed E-state index contributed by atoms with van der Waals surface area (Å²) in [5, 5.41) is 43.3. The first-order valence-corrected chi connectivity index (χ1v) is 12.8. The topological polar surface area (TPSA) is 147 Å². The SMILES string of the molecule is CCCOCCOCCNC(=O)c1cccc(-c2ccc(O[C@H]3O[C@H](CO)[C@@H](O)[C@H](O)[C@]3(C)O)c(C)c2)c1. The molecule has 38 heavy (non-hydrogen) atoms. The number of benzene rings is 2. The molecule has 1 saturated heterocycles. The Hall–Kier alpha value is -2.57. The fraction of sp³-hybridized carbons (Fsp3) is 0.536. The van der Waals surface area contributed by atoms with Gasteiger partial charge in [0.2, 0.25) is 6.29 Å². The number of aliphatic hydroxyl groups excluding tert-OH is 3. The highest BCUT2D eigenvalue weighted by Gasteiger charge is 2.53. The van der Waals surface area contributed by atoms with Gasteiger partial charge in [0, 0.05) is 18.7 Å². The summed E-state index contributed by atoms with van der Waals surface area (Å²) >= 11 is 0. The van der Waals surface area contributed by atoms with E-state index >= 15 is 0 Å². The van der Waals surface area contributed by atoms with Crippen molar-refractivity contribution in [2.75, 3.05) is 39.6 Å². The number of carbonyl (C=O) groups excluding carboxylic acids is 1. The number of ether oxygens (including phenoxy) is 4. The highest BCUT2D eigenvalue weighted by molar-refractivity contribution is 5.95. The van der Waals surface area contributed by atoms with E-state index < -0.39 is 36.8 Å². The van der Waals surface area contributed by atoms with Crippen LogP contribution in [0.4, 0.5) is 0 Å². The quantitative estimate of drug-likeness (QED) is 0.241. The maximum atomic E-state index is 12.6. The molecule has 0 unspecified atom stereocenters. The maximum Gasteiger partial charge on any atom is 0.251 e. The van der Waals surface area contributed by atoms with Crippen molar-refractivity contribution in [3.63, 3.8) is 0 Å². The van der Waals surface area contributed by atoms with Crippen LogP contribution < -0.4 is 10.1 Å². The largest absolute Gasteiger partial charge is 0.461 e. The van der Waals surface area contributed by atoms with Gasteiger partial charge in [-0.2, -0.15) is 0 Å². The first kappa shape index (κ1) is 30.0. The molecule has 0 radical (unpaired) electrons. The van der Waals surface area contributed by atoms with Crippen molar-refractivity contribution in [2.24, 2.45) is 0 Å². The van der Waals surface area contributed by atoms with E-state index in [-0.39, 0.29) is 5.91 Å². The Morgan fingerprint density at radius 2 is 1.76 bits per heavy atom. The Kier molecular flexibility index (Phi) is 11.0. The molecule has 0 saturated carbocycles. The van der Waals surface area contributed by atoms with Crippen molar-refractivity contribution in [2.45, 2.75) is 57.4 Å². The highest BCUT2D eigenvalue weighted by Crippen LogP contribution is 2.34. The van der Waals surface area contributed by atoms with E-state index in [2.05, 4.69) is 5.32 Å². The van der Waals surface area contributed by atoms with Crippen LogP contribution in [0.1, 0.15) is 36.2 Å². The molecule has 1 amide bonds. The number of hydrogen-bond acceptors (Lipinski definition) is 9. The molecule has 10 nitrogen and oxygen atoms in total. The number of aliphatic hydroxyl groups is 4. The number of nitrogens with one attached hydrogen (secondary N) is 1. The van der Waals surface area contributed by atoms with Crippen molar-refractivity contribution in [3.8, 4) is 16.9 Å². The number of aryl methyl sites for hydroxylation is 1. The molecular weight excluding hydrogens is 494 g/mol. The van der Waals surface area contributed by atoms with Crippen LogP contribution in [-0.2, 0) is 14.2 Å². The minimum Gasteiger partial charge on any atom is -0.461 e. The molecule has 1 aliphatic rings. The molecule has 10 heteroatoms. The molecule has 2 aromatic rings. The van der Waals surface area contributed by atoms with Crippen LogP contribution in [0, 0.1) is 6.92 Å². The summed E-state index contributed by atoms with van der Waals surface area (Å²) in [7, 11) is 0. The van der Waals surface area contributed by atoms with Gasteiger partial charge in [0.25, 0.3) is 5.91 Å². The van der Waals surface area contributed by atoms with Crippen molar-refractivity contribution >= 4 is 5.91 Å². The summed E-state index contributed by atoms with van der Waals surface area (Å²) in [6, 6.07) is 12.6. The van der Waals surface area contributed by atoms with Gasteiger partial charge in [-0.15, -0.1) is 0 Å². The molecule has 0 aliphatic carbocycles. The molecule has 0 spiro atoms. The lowest BCUT2D eigenvalue weighted by molar-refractivity contribution is -0.314. The lowest BCUT2D eigenvalue weighted by Crippen LogP contribution is -2.66. The summed E-state index contributed by atoms with van der Waals surface area (Å²) in [6.45, 7) is 7.13. The lowest BCUT2D eigenvalue weighted by atomic mass is 9.88. The zero-order valence-corrected chi connectivity index (χ0v) is 22.1. The van der Waals surface area contributed by atoms with Crippen molar-refractivity contribution in [3.05, 3.63) is 53.6 Å². The van der Waals surface area contributed by atoms with Gasteiger partial charge in [0.15, 0.2) is 5.60 Å². The molecular formula is C28H39NO9. The standard InChI is InChI=1S/C28H39NO9/c1-4-11-35-13-14-36-12-10-29-26(33)21-7-5-6-19(16-21)20-8-9-22(18(2)15-20)37-27-28(3,34)25(32)24(31)23(17-30)38-27/h5-9,15-16,23-25,27,30-32,34H,4,10-14,17H2,1-3H3,(H,29,33)/t23-,24-,25+,27+,28+/m1/s1. The van der Waals surface area contributed by atoms with Gasteiger partial charge in [-0.25, -0.2) is 0 Å². The molecule has 5 N–H and O–H groups in total. The third kappa shape index (κ3) is 7.51. The Bertz CT molecular complexity index is 1040. The van der Waals surface area contributed by atoms with Crippen LogP contribution in [-0.4, -0.2) is 96.1 Å². The summed E-state index contributed by atoms with van der Waals surface area (Å²) in [6.07, 6.45) is -4.48. The molecule has 2 aromatic carbocycles. The third-order valence-electron chi connectivity index (χ3n) is 6.38. The normalized spacial score (nSPS) is 25.2. The van der Waals surface area contributed by atoms with E-state index in [1.54, 1.807) is 30.3 Å². The van der Waals surface area contributed by atoms with Crippen molar-refractivity contribution in [1.82, 2.24) is 5.32 Å². The third-order valence-corrected chi connectivity index (χ3v) is 6.38. The number of carbonyl (C=O) groups is 1. The van der Waals surface area contributed by atoms with Crippen molar-refractivity contribution < 1.29 is 44.2 Å². The Balaban J connectivity index is 1.61. The van der Waals surface area contributed by atoms with Crippen molar-refractivity contribution in [1.29, 1.82) is 0 Å². The van der Waals surface area contributed by atoms with E-state index in [0.717, 1.165) is 23.1 Å². The van der Waals surface area contributed by atoms with Gasteiger partial charge in [0.05, 0.1) is 26.4 Å². The van der Waals surface area contributed by atoms with E-state index in [4.69, 9.17) is 18.9 Å². The van der Waals surface area contributed by atoms with Crippen LogP contribution in [0.15, 0.2) is 42.5 Å². The number of rotatable bonds is 13. The smallest absolute Gasteiger partial charge is 0.251 e. The first-order chi connectivity index (χ1) is 18.2. The van der Waals surface area contributed by atoms with Crippen LogP contribution in [0.2, 0.25) is 0 Å². The number of hydrogen-bond donors (Lipinski definition) is 5. The molecule has 1 fully saturated rings. The average molecular weight is 534 g/mol. The first-order valence-electron chi connectivity index (χ1n) is 12.8. The summed E-state index contributed by atoms with van der Waals surface area (Å²) in [5.41, 5.74) is 1.00. The minimum atomic E-state index is -1.91. The van der Waals surface area contributed by atoms with Crippen LogP contribution in [0.5, 0.6) is 5.75 Å². The van der Waals surface area contributed by atoms with Gasteiger partial charge in [-0.3, -0.25) is 4.79 Å². The van der Waals surface area contributed by atoms with E-state index in [9.17, 15) is 25.2 Å². The predicted molar refractivity (Wildman–Crippen MR) is 140 cm³/mol. The Labute approximate surface area is 223 Å². The monoisotopic (exact) mass is 533 g/mol. The lowest BCUT2D eigenvalue weighted by Gasteiger charge is -2.45. The minimum absolute atomic E-state index is 0.204. The Morgan fingerprint density at radius 1 is 1.05 bits per heavy atom. The fourth-order valence-corrected chi connectivity index (χ4v) is 4.09. The van der Waals surface area contributed by atoms with E-state index in [0.29, 0.717) is 44.3 Å². The second kappa shape index (κ2) is 14.0. The summed E-state index contributed by atoms with van der Waals surface area (Å²) in [4.78, 5) is 12.6.